The Hall–Kier alpha value is -1.89. The van der Waals surface area contributed by atoms with Gasteiger partial charge in [0, 0.05) is 25.7 Å². The van der Waals surface area contributed by atoms with Gasteiger partial charge in [-0.2, -0.15) is 9.78 Å². The topological polar surface area (TPSA) is 59.4 Å². The third-order valence-corrected chi connectivity index (χ3v) is 4.54. The molecule has 1 aromatic heterocycles. The Bertz CT molecular complexity index is 729. The van der Waals surface area contributed by atoms with Crippen molar-refractivity contribution in [1.82, 2.24) is 14.7 Å². The molecule has 0 amide bonds. The number of nitrogens with zero attached hydrogens (tertiary/aromatic N) is 3. The molecule has 0 bridgehead atoms. The number of halogens is 1. The maximum Gasteiger partial charge on any atom is 0.292 e. The lowest BCUT2D eigenvalue weighted by Crippen LogP contribution is -2.45. The van der Waals surface area contributed by atoms with Crippen molar-refractivity contribution in [2.24, 2.45) is 0 Å². The van der Waals surface area contributed by atoms with E-state index in [2.05, 4.69) is 22.2 Å². The summed E-state index contributed by atoms with van der Waals surface area (Å²) in [6, 6.07) is 9.55. The highest BCUT2D eigenvalue weighted by Gasteiger charge is 2.17. The van der Waals surface area contributed by atoms with E-state index in [1.54, 1.807) is 6.20 Å². The zero-order valence-corrected chi connectivity index (χ0v) is 14.4. The highest BCUT2D eigenvalue weighted by molar-refractivity contribution is 6.32. The fourth-order valence-corrected chi connectivity index (χ4v) is 2.91. The fourth-order valence-electron chi connectivity index (χ4n) is 2.71. The van der Waals surface area contributed by atoms with E-state index in [1.165, 1.54) is 4.68 Å². The van der Waals surface area contributed by atoms with Gasteiger partial charge in [0.05, 0.1) is 30.8 Å². The first kappa shape index (κ1) is 17.0. The molecule has 0 aliphatic carbocycles. The Labute approximate surface area is 146 Å². The molecule has 0 unspecified atom stereocenters. The van der Waals surface area contributed by atoms with Gasteiger partial charge in [0.15, 0.2) is 0 Å². The average Bonchev–Trinajstić information content (AvgIpc) is 2.64. The van der Waals surface area contributed by atoms with Crippen molar-refractivity contribution in [2.45, 2.75) is 13.0 Å². The van der Waals surface area contributed by atoms with Gasteiger partial charge in [0.25, 0.3) is 5.56 Å². The molecule has 6 nitrogen and oxygen atoms in total. The number of benzene rings is 1. The van der Waals surface area contributed by atoms with Gasteiger partial charge in [0.1, 0.15) is 5.02 Å². The quantitative estimate of drug-likeness (QED) is 0.895. The van der Waals surface area contributed by atoms with Crippen molar-refractivity contribution in [1.29, 1.82) is 0 Å². The number of rotatable bonds is 5. The Kier molecular flexibility index (Phi) is 5.50. The fraction of sp³-hybridized carbons (Fsp3) is 0.412. The summed E-state index contributed by atoms with van der Waals surface area (Å²) in [7, 11) is 0. The van der Waals surface area contributed by atoms with E-state index in [4.69, 9.17) is 16.3 Å². The molecular formula is C17H21ClN4O2. The zero-order valence-electron chi connectivity index (χ0n) is 13.6. The van der Waals surface area contributed by atoms with Gasteiger partial charge < -0.3 is 10.1 Å². The Morgan fingerprint density at radius 1 is 1.29 bits per heavy atom. The zero-order chi connectivity index (χ0) is 16.9. The van der Waals surface area contributed by atoms with E-state index >= 15 is 0 Å². The predicted molar refractivity (Wildman–Crippen MR) is 95.2 cm³/mol. The molecule has 0 saturated carbocycles. The van der Waals surface area contributed by atoms with E-state index in [1.807, 2.05) is 30.3 Å². The van der Waals surface area contributed by atoms with Crippen LogP contribution in [0.2, 0.25) is 5.02 Å². The molecule has 3 rings (SSSR count). The second-order valence-corrected chi connectivity index (χ2v) is 6.18. The largest absolute Gasteiger partial charge is 0.381 e. The summed E-state index contributed by atoms with van der Waals surface area (Å²) >= 11 is 6.25. The number of ether oxygens (including phenoxy) is 1. The summed E-state index contributed by atoms with van der Waals surface area (Å²) in [5.74, 6) is 0. The molecule has 1 fully saturated rings. The first-order chi connectivity index (χ1) is 11.7. The summed E-state index contributed by atoms with van der Waals surface area (Å²) in [5, 5.41) is 7.62. The minimum Gasteiger partial charge on any atom is -0.381 e. The monoisotopic (exact) mass is 348 g/mol. The van der Waals surface area contributed by atoms with Gasteiger partial charge in [-0.3, -0.25) is 9.69 Å². The second-order valence-electron chi connectivity index (χ2n) is 5.80. The molecule has 128 valence electrons. The molecule has 1 aliphatic rings. The molecule has 1 saturated heterocycles. The Balaban J connectivity index is 1.71. The summed E-state index contributed by atoms with van der Waals surface area (Å²) in [4.78, 5) is 14.8. The normalized spacial score (nSPS) is 16.8. The number of anilines is 1. The Morgan fingerprint density at radius 3 is 2.71 bits per heavy atom. The van der Waals surface area contributed by atoms with Crippen molar-refractivity contribution in [3.05, 3.63) is 51.9 Å². The standard InChI is InChI=1S/C17H21ClN4O2/c1-13(21-7-9-24-10-8-21)11-19-15-12-20-22(17(23)16(15)18)14-5-3-2-4-6-14/h2-6,12-13,19H,7-11H2,1H3/t13-/m0/s1. The smallest absolute Gasteiger partial charge is 0.292 e. The molecular weight excluding hydrogens is 328 g/mol. The van der Waals surface area contributed by atoms with Crippen LogP contribution < -0.4 is 10.9 Å². The third kappa shape index (κ3) is 3.77. The maximum atomic E-state index is 12.4. The van der Waals surface area contributed by atoms with E-state index in [0.29, 0.717) is 24.0 Å². The molecule has 2 heterocycles. The van der Waals surface area contributed by atoms with Gasteiger partial charge >= 0.3 is 0 Å². The van der Waals surface area contributed by atoms with Gasteiger partial charge in [-0.15, -0.1) is 0 Å². The molecule has 7 heteroatoms. The first-order valence-corrected chi connectivity index (χ1v) is 8.43. The highest BCUT2D eigenvalue weighted by Crippen LogP contribution is 2.17. The molecule has 0 spiro atoms. The number of aromatic nitrogens is 2. The lowest BCUT2D eigenvalue weighted by atomic mass is 10.2. The maximum absolute atomic E-state index is 12.4. The molecule has 2 aromatic rings. The van der Waals surface area contributed by atoms with E-state index in [9.17, 15) is 4.79 Å². The summed E-state index contributed by atoms with van der Waals surface area (Å²) < 4.78 is 6.67. The van der Waals surface area contributed by atoms with Gasteiger partial charge in [-0.1, -0.05) is 29.8 Å². The van der Waals surface area contributed by atoms with E-state index in [-0.39, 0.29) is 10.6 Å². The van der Waals surface area contributed by atoms with Crippen molar-refractivity contribution < 1.29 is 4.74 Å². The lowest BCUT2D eigenvalue weighted by Gasteiger charge is -2.32. The van der Waals surface area contributed by atoms with Crippen LogP contribution in [0.4, 0.5) is 5.69 Å². The summed E-state index contributed by atoms with van der Waals surface area (Å²) in [6.07, 6.45) is 1.60. The molecule has 0 radical (unpaired) electrons. The van der Waals surface area contributed by atoms with Crippen molar-refractivity contribution in [2.75, 3.05) is 38.2 Å². The molecule has 24 heavy (non-hydrogen) atoms. The summed E-state index contributed by atoms with van der Waals surface area (Å²) in [5.41, 5.74) is 0.929. The van der Waals surface area contributed by atoms with Crippen LogP contribution in [0.1, 0.15) is 6.92 Å². The van der Waals surface area contributed by atoms with E-state index in [0.717, 1.165) is 26.3 Å². The molecule has 1 aromatic carbocycles. The van der Waals surface area contributed by atoms with Gasteiger partial charge in [-0.25, -0.2) is 0 Å². The van der Waals surface area contributed by atoms with Crippen molar-refractivity contribution in [3.8, 4) is 5.69 Å². The Morgan fingerprint density at radius 2 is 2.00 bits per heavy atom. The third-order valence-electron chi connectivity index (χ3n) is 4.18. The van der Waals surface area contributed by atoms with E-state index < -0.39 is 0 Å². The van der Waals surface area contributed by atoms with Gasteiger partial charge in [-0.05, 0) is 19.1 Å². The summed E-state index contributed by atoms with van der Waals surface area (Å²) in [6.45, 7) is 6.20. The minimum absolute atomic E-state index is 0.156. The minimum atomic E-state index is -0.327. The molecule has 1 atom stereocenters. The molecule has 1 N–H and O–H groups in total. The van der Waals surface area contributed by atoms with Crippen LogP contribution in [0.3, 0.4) is 0 Å². The molecule has 1 aliphatic heterocycles. The highest BCUT2D eigenvalue weighted by atomic mass is 35.5. The second kappa shape index (κ2) is 7.79. The number of hydrogen-bond acceptors (Lipinski definition) is 5. The number of nitrogens with one attached hydrogen (secondary N) is 1. The van der Waals surface area contributed by atoms with Crippen LogP contribution in [0.25, 0.3) is 5.69 Å². The number of morpholine rings is 1. The SMILES string of the molecule is C[C@@H](CNc1cnn(-c2ccccc2)c(=O)c1Cl)N1CCOCC1. The van der Waals surface area contributed by atoms with Crippen LogP contribution in [0.15, 0.2) is 41.3 Å². The van der Waals surface area contributed by atoms with Crippen LogP contribution in [0, 0.1) is 0 Å². The van der Waals surface area contributed by atoms with Crippen LogP contribution in [-0.2, 0) is 4.74 Å². The number of hydrogen-bond donors (Lipinski definition) is 1. The predicted octanol–water partition coefficient (Wildman–Crippen LogP) is 2.02. The van der Waals surface area contributed by atoms with Crippen molar-refractivity contribution in [3.63, 3.8) is 0 Å². The van der Waals surface area contributed by atoms with Crippen LogP contribution in [0.5, 0.6) is 0 Å². The first-order valence-electron chi connectivity index (χ1n) is 8.06. The lowest BCUT2D eigenvalue weighted by molar-refractivity contribution is 0.0227. The van der Waals surface area contributed by atoms with Crippen LogP contribution >= 0.6 is 11.6 Å². The van der Waals surface area contributed by atoms with Crippen molar-refractivity contribution >= 4 is 17.3 Å². The van der Waals surface area contributed by atoms with Gasteiger partial charge in [0.2, 0.25) is 0 Å². The van der Waals surface area contributed by atoms with Crippen LogP contribution in [-0.4, -0.2) is 53.6 Å². The average molecular weight is 349 g/mol. The number of para-hydroxylation sites is 1.